The minimum absolute atomic E-state index is 0.466. The Labute approximate surface area is 127 Å². The lowest BCUT2D eigenvalue weighted by Crippen LogP contribution is -2.55. The molecule has 0 aromatic heterocycles. The van der Waals surface area contributed by atoms with E-state index in [0.717, 1.165) is 5.02 Å². The van der Waals surface area contributed by atoms with E-state index >= 15 is 0 Å². The Bertz CT molecular complexity index is 530. The molecule has 1 aromatic carbocycles. The predicted molar refractivity (Wildman–Crippen MR) is 86.0 cm³/mol. The molecule has 0 N–H and O–H groups in total. The van der Waals surface area contributed by atoms with E-state index in [1.54, 1.807) is 5.69 Å². The van der Waals surface area contributed by atoms with Gasteiger partial charge in [-0.05, 0) is 61.3 Å². The van der Waals surface area contributed by atoms with Gasteiger partial charge in [-0.25, -0.2) is 0 Å². The Morgan fingerprint density at radius 3 is 2.75 bits per heavy atom. The van der Waals surface area contributed by atoms with Crippen LogP contribution in [0, 0.1) is 0 Å². The number of rotatable bonds is 0. The van der Waals surface area contributed by atoms with Crippen LogP contribution in [-0.2, 0) is 6.42 Å². The lowest BCUT2D eigenvalue weighted by Gasteiger charge is -2.55. The molecule has 4 rings (SSSR count). The molecular formula is C18H24ClN. The molecule has 1 aliphatic carbocycles. The lowest BCUT2D eigenvalue weighted by atomic mass is 9.69. The minimum atomic E-state index is 0.466. The Kier molecular flexibility index (Phi) is 3.03. The van der Waals surface area contributed by atoms with Crippen LogP contribution in [0.1, 0.15) is 68.9 Å². The topological polar surface area (TPSA) is 3.24 Å². The van der Waals surface area contributed by atoms with E-state index < -0.39 is 0 Å². The van der Waals surface area contributed by atoms with Crippen LogP contribution in [0.5, 0.6) is 0 Å². The predicted octanol–water partition coefficient (Wildman–Crippen LogP) is 5.30. The summed E-state index contributed by atoms with van der Waals surface area (Å²) in [5, 5.41) is 0.937. The summed E-state index contributed by atoms with van der Waals surface area (Å²) in [7, 11) is 0. The molecule has 1 spiro atoms. The largest absolute Gasteiger partial charge is 0.365 e. The Morgan fingerprint density at radius 1 is 1.15 bits per heavy atom. The van der Waals surface area contributed by atoms with E-state index in [9.17, 15) is 0 Å². The summed E-state index contributed by atoms with van der Waals surface area (Å²) >= 11 is 6.36. The van der Waals surface area contributed by atoms with Crippen LogP contribution in [0.4, 0.5) is 5.69 Å². The second-order valence-corrected chi connectivity index (χ2v) is 7.58. The standard InChI is InChI=1S/C18H24ClN/c1-13-12-18(7-3-2-4-8-18)20-9-5-6-14-10-15(19)11-16(13)17(14)20/h10-11,13H,2-9,12H2,1H3. The van der Waals surface area contributed by atoms with Crippen LogP contribution in [0.25, 0.3) is 0 Å². The summed E-state index contributed by atoms with van der Waals surface area (Å²) < 4.78 is 0. The van der Waals surface area contributed by atoms with Gasteiger partial charge in [-0.15, -0.1) is 0 Å². The number of anilines is 1. The fourth-order valence-electron chi connectivity index (χ4n) is 5.06. The molecule has 0 amide bonds. The summed E-state index contributed by atoms with van der Waals surface area (Å²) in [6.45, 7) is 3.67. The maximum Gasteiger partial charge on any atom is 0.0439 e. The maximum atomic E-state index is 6.36. The zero-order chi connectivity index (χ0) is 13.7. The molecule has 3 aliphatic rings. The molecule has 1 saturated carbocycles. The lowest BCUT2D eigenvalue weighted by molar-refractivity contribution is 0.229. The Hall–Kier alpha value is -0.690. The van der Waals surface area contributed by atoms with Crippen LogP contribution < -0.4 is 4.90 Å². The van der Waals surface area contributed by atoms with E-state index in [-0.39, 0.29) is 0 Å². The third-order valence-electron chi connectivity index (χ3n) is 5.85. The van der Waals surface area contributed by atoms with Crippen molar-refractivity contribution >= 4 is 17.3 Å². The molecule has 2 heterocycles. The normalized spacial score (nSPS) is 27.5. The number of halogens is 1. The molecule has 1 unspecified atom stereocenters. The van der Waals surface area contributed by atoms with Crippen LogP contribution >= 0.6 is 11.6 Å². The highest BCUT2D eigenvalue weighted by molar-refractivity contribution is 6.30. The van der Waals surface area contributed by atoms with Crippen molar-refractivity contribution in [2.75, 3.05) is 11.4 Å². The minimum Gasteiger partial charge on any atom is -0.365 e. The number of aryl methyl sites for hydroxylation is 1. The van der Waals surface area contributed by atoms with Crippen molar-refractivity contribution in [2.45, 2.75) is 69.7 Å². The van der Waals surface area contributed by atoms with Gasteiger partial charge in [0.05, 0.1) is 0 Å². The highest BCUT2D eigenvalue weighted by Crippen LogP contribution is 2.52. The van der Waals surface area contributed by atoms with Crippen LogP contribution in [0.3, 0.4) is 0 Å². The quantitative estimate of drug-likeness (QED) is 0.626. The smallest absolute Gasteiger partial charge is 0.0439 e. The molecule has 0 bridgehead atoms. The Morgan fingerprint density at radius 2 is 1.95 bits per heavy atom. The summed E-state index contributed by atoms with van der Waals surface area (Å²) in [6.07, 6.45) is 10.9. The first-order chi connectivity index (χ1) is 9.70. The number of nitrogens with zero attached hydrogens (tertiary/aromatic N) is 1. The molecule has 108 valence electrons. The van der Waals surface area contributed by atoms with Crippen LogP contribution in [0.15, 0.2) is 12.1 Å². The molecule has 0 saturated heterocycles. The molecule has 2 heteroatoms. The number of fused-ring (bicyclic) bond motifs is 1. The van der Waals surface area contributed by atoms with Gasteiger partial charge in [0, 0.05) is 22.8 Å². The molecular weight excluding hydrogens is 266 g/mol. The van der Waals surface area contributed by atoms with Crippen molar-refractivity contribution in [3.05, 3.63) is 28.3 Å². The van der Waals surface area contributed by atoms with Gasteiger partial charge in [-0.1, -0.05) is 37.8 Å². The average Bonchev–Trinajstić information content (AvgIpc) is 2.45. The van der Waals surface area contributed by atoms with Crippen molar-refractivity contribution in [1.82, 2.24) is 0 Å². The maximum absolute atomic E-state index is 6.36. The second kappa shape index (κ2) is 4.66. The molecule has 20 heavy (non-hydrogen) atoms. The number of hydrogen-bond donors (Lipinski definition) is 0. The van der Waals surface area contributed by atoms with Gasteiger partial charge in [0.1, 0.15) is 0 Å². The van der Waals surface area contributed by atoms with Gasteiger partial charge in [-0.3, -0.25) is 0 Å². The van der Waals surface area contributed by atoms with Gasteiger partial charge in [0.15, 0.2) is 0 Å². The molecule has 1 nitrogen and oxygen atoms in total. The average molecular weight is 290 g/mol. The summed E-state index contributed by atoms with van der Waals surface area (Å²) in [6, 6.07) is 4.46. The van der Waals surface area contributed by atoms with Gasteiger partial charge in [-0.2, -0.15) is 0 Å². The van der Waals surface area contributed by atoms with Crippen molar-refractivity contribution in [3.8, 4) is 0 Å². The first kappa shape index (κ1) is 13.0. The fourth-order valence-corrected chi connectivity index (χ4v) is 5.31. The highest BCUT2D eigenvalue weighted by Gasteiger charge is 2.45. The summed E-state index contributed by atoms with van der Waals surface area (Å²) in [5.41, 5.74) is 5.06. The van der Waals surface area contributed by atoms with Crippen LogP contribution in [-0.4, -0.2) is 12.1 Å². The zero-order valence-electron chi connectivity index (χ0n) is 12.4. The van der Waals surface area contributed by atoms with Gasteiger partial charge < -0.3 is 4.90 Å². The molecule has 1 atom stereocenters. The van der Waals surface area contributed by atoms with Gasteiger partial charge in [0.25, 0.3) is 0 Å². The van der Waals surface area contributed by atoms with E-state index in [2.05, 4.69) is 24.0 Å². The highest BCUT2D eigenvalue weighted by atomic mass is 35.5. The molecule has 0 radical (unpaired) electrons. The van der Waals surface area contributed by atoms with Crippen molar-refractivity contribution in [2.24, 2.45) is 0 Å². The third-order valence-corrected chi connectivity index (χ3v) is 6.07. The first-order valence-electron chi connectivity index (χ1n) is 8.30. The van der Waals surface area contributed by atoms with Gasteiger partial charge >= 0.3 is 0 Å². The first-order valence-corrected chi connectivity index (χ1v) is 8.67. The van der Waals surface area contributed by atoms with Gasteiger partial charge in [0.2, 0.25) is 0 Å². The van der Waals surface area contributed by atoms with Crippen molar-refractivity contribution in [3.63, 3.8) is 0 Å². The third kappa shape index (κ3) is 1.82. The van der Waals surface area contributed by atoms with Crippen molar-refractivity contribution < 1.29 is 0 Å². The van der Waals surface area contributed by atoms with E-state index in [4.69, 9.17) is 11.6 Å². The number of hydrogen-bond acceptors (Lipinski definition) is 1. The monoisotopic (exact) mass is 289 g/mol. The molecule has 1 aromatic rings. The van der Waals surface area contributed by atoms with E-state index in [1.165, 1.54) is 69.0 Å². The second-order valence-electron chi connectivity index (χ2n) is 7.15. The fraction of sp³-hybridized carbons (Fsp3) is 0.667. The SMILES string of the molecule is CC1CC2(CCCCC2)N2CCCc3cc(Cl)cc1c32. The number of benzene rings is 1. The van der Waals surface area contributed by atoms with Crippen molar-refractivity contribution in [1.29, 1.82) is 0 Å². The molecule has 1 fully saturated rings. The van der Waals surface area contributed by atoms with E-state index in [0.29, 0.717) is 11.5 Å². The Balaban J connectivity index is 1.87. The molecule has 2 aliphatic heterocycles. The van der Waals surface area contributed by atoms with E-state index in [1.807, 2.05) is 0 Å². The summed E-state index contributed by atoms with van der Waals surface area (Å²) in [4.78, 5) is 2.80. The summed E-state index contributed by atoms with van der Waals surface area (Å²) in [5.74, 6) is 0.662. The van der Waals surface area contributed by atoms with Crippen LogP contribution in [0.2, 0.25) is 5.02 Å². The zero-order valence-corrected chi connectivity index (χ0v) is 13.2.